The van der Waals surface area contributed by atoms with Gasteiger partial charge in [-0.15, -0.1) is 0 Å². The first-order valence-electron chi connectivity index (χ1n) is 5.43. The second kappa shape index (κ2) is 6.53. The Labute approximate surface area is 105 Å². The van der Waals surface area contributed by atoms with Gasteiger partial charge in [-0.2, -0.15) is 0 Å². The van der Waals surface area contributed by atoms with Crippen LogP contribution in [0.1, 0.15) is 31.9 Å². The second-order valence-electron chi connectivity index (χ2n) is 3.67. The first-order valence-corrected chi connectivity index (χ1v) is 6.22. The molecule has 3 nitrogen and oxygen atoms in total. The Bertz CT molecular complexity index is 337. The molecule has 0 heterocycles. The first-order chi connectivity index (χ1) is 7.63. The molecule has 2 N–H and O–H groups in total. The standard InChI is InChI=1S/C12H17BrN2O/c1-3-8-14-12(16)15-9(2)10-4-6-11(13)7-5-10/h4-7,9H,3,8H2,1-2H3,(H2,14,15,16). The zero-order valence-electron chi connectivity index (χ0n) is 9.59. The van der Waals surface area contributed by atoms with E-state index in [2.05, 4.69) is 26.6 Å². The van der Waals surface area contributed by atoms with Crippen molar-refractivity contribution in [1.29, 1.82) is 0 Å². The highest BCUT2D eigenvalue weighted by Crippen LogP contribution is 2.16. The number of nitrogens with one attached hydrogen (secondary N) is 2. The smallest absolute Gasteiger partial charge is 0.315 e. The fraction of sp³-hybridized carbons (Fsp3) is 0.417. The van der Waals surface area contributed by atoms with E-state index in [-0.39, 0.29) is 12.1 Å². The molecule has 1 aromatic rings. The third kappa shape index (κ3) is 4.23. The van der Waals surface area contributed by atoms with Crippen molar-refractivity contribution in [2.45, 2.75) is 26.3 Å². The van der Waals surface area contributed by atoms with E-state index < -0.39 is 0 Å². The van der Waals surface area contributed by atoms with Crippen molar-refractivity contribution >= 4 is 22.0 Å². The zero-order chi connectivity index (χ0) is 12.0. The van der Waals surface area contributed by atoms with Crippen LogP contribution in [0.2, 0.25) is 0 Å². The maximum atomic E-state index is 11.4. The summed E-state index contributed by atoms with van der Waals surface area (Å²) in [7, 11) is 0. The van der Waals surface area contributed by atoms with Gasteiger partial charge in [0.15, 0.2) is 0 Å². The average molecular weight is 285 g/mol. The van der Waals surface area contributed by atoms with E-state index in [0.717, 1.165) is 16.5 Å². The number of carbonyl (C=O) groups excluding carboxylic acids is 1. The van der Waals surface area contributed by atoms with Crippen LogP contribution in [0.4, 0.5) is 4.79 Å². The van der Waals surface area contributed by atoms with Crippen LogP contribution in [-0.4, -0.2) is 12.6 Å². The Morgan fingerprint density at radius 3 is 2.56 bits per heavy atom. The maximum Gasteiger partial charge on any atom is 0.315 e. The number of rotatable bonds is 4. The molecule has 0 aliphatic heterocycles. The summed E-state index contributed by atoms with van der Waals surface area (Å²) in [5, 5.41) is 5.67. The third-order valence-corrected chi connectivity index (χ3v) is 2.78. The zero-order valence-corrected chi connectivity index (χ0v) is 11.2. The van der Waals surface area contributed by atoms with E-state index >= 15 is 0 Å². The van der Waals surface area contributed by atoms with Gasteiger partial charge < -0.3 is 10.6 Å². The van der Waals surface area contributed by atoms with Crippen molar-refractivity contribution in [3.8, 4) is 0 Å². The number of benzene rings is 1. The lowest BCUT2D eigenvalue weighted by Gasteiger charge is -2.14. The molecule has 88 valence electrons. The van der Waals surface area contributed by atoms with Crippen molar-refractivity contribution in [1.82, 2.24) is 10.6 Å². The van der Waals surface area contributed by atoms with Gasteiger partial charge in [0.2, 0.25) is 0 Å². The molecular weight excluding hydrogens is 268 g/mol. The van der Waals surface area contributed by atoms with E-state index in [4.69, 9.17) is 0 Å². The number of hydrogen-bond acceptors (Lipinski definition) is 1. The van der Waals surface area contributed by atoms with Crippen molar-refractivity contribution in [2.75, 3.05) is 6.54 Å². The average Bonchev–Trinajstić information content (AvgIpc) is 2.27. The second-order valence-corrected chi connectivity index (χ2v) is 4.59. The van der Waals surface area contributed by atoms with Gasteiger partial charge in [0.1, 0.15) is 0 Å². The summed E-state index contributed by atoms with van der Waals surface area (Å²) in [5.41, 5.74) is 1.09. The predicted molar refractivity (Wildman–Crippen MR) is 69.4 cm³/mol. The van der Waals surface area contributed by atoms with Crippen molar-refractivity contribution < 1.29 is 4.79 Å². The molecule has 0 aromatic heterocycles. The Morgan fingerprint density at radius 2 is 2.00 bits per heavy atom. The topological polar surface area (TPSA) is 41.1 Å². The highest BCUT2D eigenvalue weighted by molar-refractivity contribution is 9.10. The molecule has 1 atom stereocenters. The summed E-state index contributed by atoms with van der Waals surface area (Å²) in [4.78, 5) is 11.4. The van der Waals surface area contributed by atoms with Crippen LogP contribution in [0, 0.1) is 0 Å². The molecule has 0 spiro atoms. The minimum atomic E-state index is -0.114. The monoisotopic (exact) mass is 284 g/mol. The van der Waals surface area contributed by atoms with Gasteiger partial charge >= 0.3 is 6.03 Å². The number of urea groups is 1. The summed E-state index contributed by atoms with van der Waals surface area (Å²) in [5.74, 6) is 0. The highest BCUT2D eigenvalue weighted by Gasteiger charge is 2.07. The highest BCUT2D eigenvalue weighted by atomic mass is 79.9. The first kappa shape index (κ1) is 13.0. The molecule has 0 saturated carbocycles. The molecule has 0 aliphatic carbocycles. The molecule has 0 saturated heterocycles. The summed E-state index contributed by atoms with van der Waals surface area (Å²) in [6.45, 7) is 4.70. The number of amides is 2. The summed E-state index contributed by atoms with van der Waals surface area (Å²) >= 11 is 3.38. The Hall–Kier alpha value is -1.03. The molecule has 1 unspecified atom stereocenters. The third-order valence-electron chi connectivity index (χ3n) is 2.25. The van der Waals surface area contributed by atoms with Gasteiger partial charge in [-0.25, -0.2) is 4.79 Å². The minimum Gasteiger partial charge on any atom is -0.338 e. The van der Waals surface area contributed by atoms with Crippen LogP contribution in [0.3, 0.4) is 0 Å². The minimum absolute atomic E-state index is 0.0185. The van der Waals surface area contributed by atoms with Gasteiger partial charge in [0.25, 0.3) is 0 Å². The van der Waals surface area contributed by atoms with Gasteiger partial charge in [0.05, 0.1) is 6.04 Å². The Balaban J connectivity index is 2.48. The summed E-state index contributed by atoms with van der Waals surface area (Å²) in [6.07, 6.45) is 0.945. The quantitative estimate of drug-likeness (QED) is 0.876. The molecule has 1 rings (SSSR count). The van der Waals surface area contributed by atoms with Crippen molar-refractivity contribution in [2.24, 2.45) is 0 Å². The lowest BCUT2D eigenvalue weighted by atomic mass is 10.1. The SMILES string of the molecule is CCCNC(=O)NC(C)c1ccc(Br)cc1. The van der Waals surface area contributed by atoms with E-state index in [9.17, 15) is 4.79 Å². The summed E-state index contributed by atoms with van der Waals surface area (Å²) in [6, 6.07) is 7.83. The van der Waals surface area contributed by atoms with Gasteiger partial charge in [-0.3, -0.25) is 0 Å². The van der Waals surface area contributed by atoms with Gasteiger partial charge in [-0.1, -0.05) is 35.0 Å². The van der Waals surface area contributed by atoms with E-state index in [0.29, 0.717) is 6.54 Å². The van der Waals surface area contributed by atoms with E-state index in [1.807, 2.05) is 38.1 Å². The molecule has 0 bridgehead atoms. The van der Waals surface area contributed by atoms with Crippen molar-refractivity contribution in [3.63, 3.8) is 0 Å². The Morgan fingerprint density at radius 1 is 1.38 bits per heavy atom. The van der Waals surface area contributed by atoms with E-state index in [1.165, 1.54) is 0 Å². The molecule has 16 heavy (non-hydrogen) atoms. The van der Waals surface area contributed by atoms with Gasteiger partial charge in [-0.05, 0) is 31.0 Å². The lowest BCUT2D eigenvalue weighted by Crippen LogP contribution is -2.37. The van der Waals surface area contributed by atoms with Crippen LogP contribution in [-0.2, 0) is 0 Å². The molecule has 0 radical (unpaired) electrons. The van der Waals surface area contributed by atoms with Crippen LogP contribution in [0.15, 0.2) is 28.7 Å². The predicted octanol–water partition coefficient (Wildman–Crippen LogP) is 3.22. The van der Waals surface area contributed by atoms with Crippen LogP contribution < -0.4 is 10.6 Å². The molecular formula is C12H17BrN2O. The molecule has 0 fully saturated rings. The lowest BCUT2D eigenvalue weighted by molar-refractivity contribution is 0.238. The summed E-state index contributed by atoms with van der Waals surface area (Å²) < 4.78 is 1.04. The molecule has 1 aromatic carbocycles. The fourth-order valence-electron chi connectivity index (χ4n) is 1.32. The largest absolute Gasteiger partial charge is 0.338 e. The van der Waals surface area contributed by atoms with Crippen LogP contribution in [0.5, 0.6) is 0 Å². The number of halogens is 1. The van der Waals surface area contributed by atoms with E-state index in [1.54, 1.807) is 0 Å². The van der Waals surface area contributed by atoms with Crippen LogP contribution >= 0.6 is 15.9 Å². The molecule has 2 amide bonds. The van der Waals surface area contributed by atoms with Gasteiger partial charge in [0, 0.05) is 11.0 Å². The maximum absolute atomic E-state index is 11.4. The fourth-order valence-corrected chi connectivity index (χ4v) is 1.59. The van der Waals surface area contributed by atoms with Crippen LogP contribution in [0.25, 0.3) is 0 Å². The number of hydrogen-bond donors (Lipinski definition) is 2. The number of carbonyl (C=O) groups is 1. The Kier molecular flexibility index (Phi) is 5.32. The van der Waals surface area contributed by atoms with Crippen molar-refractivity contribution in [3.05, 3.63) is 34.3 Å². The molecule has 0 aliphatic rings. The molecule has 4 heteroatoms. The normalized spacial score (nSPS) is 11.9.